The monoisotopic (exact) mass is 866 g/mol. The molecule has 4 unspecified atom stereocenters. The molecule has 0 aliphatic carbocycles. The number of aliphatic hydroxyl groups is 4. The highest BCUT2D eigenvalue weighted by atomic mass is 16.3. The molecule has 0 aromatic heterocycles. The second kappa shape index (κ2) is 50.3. The van der Waals surface area contributed by atoms with Crippen LogP contribution in [-0.2, 0) is 4.79 Å². The lowest BCUT2D eigenvalue weighted by molar-refractivity contribution is -0.132. The van der Waals surface area contributed by atoms with Crippen LogP contribution in [0.5, 0.6) is 0 Å². The summed E-state index contributed by atoms with van der Waals surface area (Å²) in [5.74, 6) is -0.578. The number of unbranched alkanes of at least 4 members (excludes halogenated alkanes) is 43. The molecule has 0 fully saturated rings. The van der Waals surface area contributed by atoms with Gasteiger partial charge in [0.15, 0.2) is 0 Å². The Balaban J connectivity index is 3.47. The minimum Gasteiger partial charge on any atom is -0.394 e. The molecule has 0 radical (unpaired) electrons. The van der Waals surface area contributed by atoms with Crippen LogP contribution in [0.1, 0.15) is 316 Å². The van der Waals surface area contributed by atoms with Gasteiger partial charge in [-0.25, -0.2) is 0 Å². The Morgan fingerprint density at radius 3 is 0.787 bits per heavy atom. The second-order valence-corrected chi connectivity index (χ2v) is 19.7. The topological polar surface area (TPSA) is 110 Å². The highest BCUT2D eigenvalue weighted by molar-refractivity contribution is 5.80. The van der Waals surface area contributed by atoms with Crippen LogP contribution in [-0.4, -0.2) is 57.3 Å². The van der Waals surface area contributed by atoms with Crippen molar-refractivity contribution in [2.24, 2.45) is 0 Å². The van der Waals surface area contributed by atoms with E-state index in [4.69, 9.17) is 0 Å². The van der Waals surface area contributed by atoms with Crippen LogP contribution in [0.4, 0.5) is 0 Å². The molecule has 366 valence electrons. The summed E-state index contributed by atoms with van der Waals surface area (Å²) >= 11 is 0. The van der Waals surface area contributed by atoms with Crippen molar-refractivity contribution < 1.29 is 25.2 Å². The molecule has 6 heteroatoms. The van der Waals surface area contributed by atoms with Crippen molar-refractivity contribution in [3.63, 3.8) is 0 Å². The van der Waals surface area contributed by atoms with E-state index in [1.807, 2.05) is 0 Å². The van der Waals surface area contributed by atoms with Gasteiger partial charge in [0.1, 0.15) is 12.2 Å². The predicted molar refractivity (Wildman–Crippen MR) is 265 cm³/mol. The number of carbonyl (C=O) groups excluding carboxylic acids is 1. The molecule has 0 heterocycles. The fourth-order valence-electron chi connectivity index (χ4n) is 9.17. The third-order valence-corrected chi connectivity index (χ3v) is 13.6. The zero-order valence-corrected chi connectivity index (χ0v) is 41.4. The molecular weight excluding hydrogens is 755 g/mol. The highest BCUT2D eigenvalue weighted by Crippen LogP contribution is 2.19. The van der Waals surface area contributed by atoms with E-state index < -0.39 is 36.9 Å². The molecule has 5 N–H and O–H groups in total. The van der Waals surface area contributed by atoms with Gasteiger partial charge in [-0.3, -0.25) is 4.79 Å². The number of aliphatic hydroxyl groups excluding tert-OH is 4. The number of rotatable bonds is 52. The van der Waals surface area contributed by atoms with Crippen molar-refractivity contribution in [3.05, 3.63) is 0 Å². The molecular formula is C55H111NO5. The second-order valence-electron chi connectivity index (χ2n) is 19.7. The lowest BCUT2D eigenvalue weighted by Crippen LogP contribution is -2.53. The van der Waals surface area contributed by atoms with Gasteiger partial charge in [0.05, 0.1) is 18.8 Å². The van der Waals surface area contributed by atoms with E-state index in [1.54, 1.807) is 0 Å². The Morgan fingerprint density at radius 1 is 0.344 bits per heavy atom. The largest absolute Gasteiger partial charge is 0.394 e. The molecule has 0 spiro atoms. The van der Waals surface area contributed by atoms with Crippen LogP contribution in [0.25, 0.3) is 0 Å². The number of carbonyl (C=O) groups is 1. The van der Waals surface area contributed by atoms with Crippen molar-refractivity contribution in [1.82, 2.24) is 5.32 Å². The van der Waals surface area contributed by atoms with Crippen LogP contribution in [0.15, 0.2) is 0 Å². The zero-order valence-electron chi connectivity index (χ0n) is 41.4. The molecule has 0 aliphatic rings. The molecule has 0 aromatic carbocycles. The molecule has 0 saturated carbocycles. The Kier molecular flexibility index (Phi) is 49.7. The smallest absolute Gasteiger partial charge is 0.249 e. The number of hydrogen-bond acceptors (Lipinski definition) is 5. The summed E-state index contributed by atoms with van der Waals surface area (Å²) in [6, 6.07) is -0.979. The Morgan fingerprint density at radius 2 is 0.557 bits per heavy atom. The van der Waals surface area contributed by atoms with E-state index in [0.717, 1.165) is 38.5 Å². The number of amides is 1. The van der Waals surface area contributed by atoms with E-state index in [-0.39, 0.29) is 0 Å². The van der Waals surface area contributed by atoms with Crippen molar-refractivity contribution in [2.75, 3.05) is 6.61 Å². The Hall–Kier alpha value is -0.690. The minimum absolute atomic E-state index is 0.376. The van der Waals surface area contributed by atoms with Gasteiger partial charge in [-0.05, 0) is 12.8 Å². The van der Waals surface area contributed by atoms with Crippen LogP contribution < -0.4 is 5.32 Å². The molecule has 0 aliphatic heterocycles. The molecule has 0 aromatic rings. The first-order valence-corrected chi connectivity index (χ1v) is 27.9. The van der Waals surface area contributed by atoms with Gasteiger partial charge in [0, 0.05) is 0 Å². The average molecular weight is 866 g/mol. The first-order chi connectivity index (χ1) is 30.0. The van der Waals surface area contributed by atoms with E-state index in [2.05, 4.69) is 19.2 Å². The predicted octanol–water partition coefficient (Wildman–Crippen LogP) is 15.9. The highest BCUT2D eigenvalue weighted by Gasteiger charge is 2.28. The fourth-order valence-corrected chi connectivity index (χ4v) is 9.17. The van der Waals surface area contributed by atoms with E-state index in [9.17, 15) is 25.2 Å². The third-order valence-electron chi connectivity index (χ3n) is 13.6. The van der Waals surface area contributed by atoms with E-state index >= 15 is 0 Å². The maximum absolute atomic E-state index is 12.5. The number of hydrogen-bond donors (Lipinski definition) is 5. The lowest BCUT2D eigenvalue weighted by Gasteiger charge is -2.27. The van der Waals surface area contributed by atoms with Crippen molar-refractivity contribution in [1.29, 1.82) is 0 Å². The summed E-state index contributed by atoms with van der Waals surface area (Å²) in [7, 11) is 0. The van der Waals surface area contributed by atoms with Gasteiger partial charge in [-0.15, -0.1) is 0 Å². The summed E-state index contributed by atoms with van der Waals surface area (Å²) in [4.78, 5) is 12.5. The van der Waals surface area contributed by atoms with E-state index in [1.165, 1.54) is 250 Å². The third kappa shape index (κ3) is 44.3. The van der Waals surface area contributed by atoms with Gasteiger partial charge in [-0.2, -0.15) is 0 Å². The van der Waals surface area contributed by atoms with E-state index in [0.29, 0.717) is 12.8 Å². The van der Waals surface area contributed by atoms with Gasteiger partial charge >= 0.3 is 0 Å². The normalized spacial score (nSPS) is 13.7. The quantitative estimate of drug-likeness (QED) is 0.0391. The fraction of sp³-hybridized carbons (Fsp3) is 0.982. The summed E-state index contributed by atoms with van der Waals surface area (Å²) in [5.41, 5.74) is 0. The van der Waals surface area contributed by atoms with Gasteiger partial charge < -0.3 is 25.7 Å². The average Bonchev–Trinajstić information content (AvgIpc) is 3.26. The molecule has 0 bridgehead atoms. The first kappa shape index (κ1) is 60.3. The first-order valence-electron chi connectivity index (χ1n) is 27.9. The minimum atomic E-state index is -1.25. The Bertz CT molecular complexity index is 841. The zero-order chi connectivity index (χ0) is 44.5. The summed E-state index contributed by atoms with van der Waals surface area (Å²) < 4.78 is 0. The molecule has 0 saturated heterocycles. The van der Waals surface area contributed by atoms with Crippen LogP contribution in [0, 0.1) is 0 Å². The van der Waals surface area contributed by atoms with Crippen molar-refractivity contribution in [3.8, 4) is 0 Å². The van der Waals surface area contributed by atoms with Gasteiger partial charge in [-0.1, -0.05) is 303 Å². The van der Waals surface area contributed by atoms with Gasteiger partial charge in [0.25, 0.3) is 0 Å². The summed E-state index contributed by atoms with van der Waals surface area (Å²) in [5, 5.41) is 43.8. The summed E-state index contributed by atoms with van der Waals surface area (Å²) in [6.45, 7) is 4.07. The number of nitrogens with one attached hydrogen (secondary N) is 1. The molecule has 6 nitrogen and oxygen atoms in total. The molecule has 4 atom stereocenters. The van der Waals surface area contributed by atoms with Crippen LogP contribution >= 0.6 is 0 Å². The van der Waals surface area contributed by atoms with Crippen LogP contribution in [0.3, 0.4) is 0 Å². The van der Waals surface area contributed by atoms with Gasteiger partial charge in [0.2, 0.25) is 5.91 Å². The van der Waals surface area contributed by atoms with Crippen molar-refractivity contribution in [2.45, 2.75) is 340 Å². The Labute approximate surface area is 381 Å². The SMILES string of the molecule is CCCCCCCCCCCCCCCCCCCCCCCCCCCCCCCCCCCCC(O)C(=O)NC(CO)C(O)C(O)CCCCCCCCCCCCC. The standard InChI is InChI=1S/C55H111NO5/c1-3-5-7-9-11-13-15-16-17-18-19-20-21-22-23-24-25-26-27-28-29-30-31-32-33-34-35-36-37-39-41-43-45-47-49-53(59)55(61)56-51(50-57)54(60)52(58)48-46-44-42-40-38-14-12-10-8-6-4-2/h51-54,57-60H,3-50H2,1-2H3,(H,56,61). The molecule has 1 amide bonds. The summed E-state index contributed by atoms with van der Waals surface area (Å²) in [6.07, 6.45) is 57.7. The van der Waals surface area contributed by atoms with Crippen molar-refractivity contribution >= 4 is 5.91 Å². The molecule has 0 rings (SSSR count). The molecule has 61 heavy (non-hydrogen) atoms. The lowest BCUT2D eigenvalue weighted by atomic mass is 9.99. The maximum Gasteiger partial charge on any atom is 0.249 e. The maximum atomic E-state index is 12.5. The van der Waals surface area contributed by atoms with Crippen LogP contribution in [0.2, 0.25) is 0 Å².